The Balaban J connectivity index is 1.63. The second kappa shape index (κ2) is 7.00. The van der Waals surface area contributed by atoms with Gasteiger partial charge in [-0.1, -0.05) is 37.3 Å². The maximum Gasteiger partial charge on any atom is 0.309 e. The first-order valence-corrected chi connectivity index (χ1v) is 9.12. The fourth-order valence-corrected chi connectivity index (χ4v) is 3.96. The molecule has 1 fully saturated rings. The summed E-state index contributed by atoms with van der Waals surface area (Å²) in [7, 11) is 0. The first-order valence-electron chi connectivity index (χ1n) is 9.12. The molecule has 5 heteroatoms. The summed E-state index contributed by atoms with van der Waals surface area (Å²) >= 11 is 0. The van der Waals surface area contributed by atoms with Crippen molar-refractivity contribution in [2.45, 2.75) is 25.3 Å². The van der Waals surface area contributed by atoms with Gasteiger partial charge in [0.1, 0.15) is 13.2 Å². The highest BCUT2D eigenvalue weighted by molar-refractivity contribution is 5.73. The van der Waals surface area contributed by atoms with Crippen molar-refractivity contribution in [3.05, 3.63) is 59.2 Å². The predicted octanol–water partition coefficient (Wildman–Crippen LogP) is 3.15. The van der Waals surface area contributed by atoms with Crippen LogP contribution < -0.4 is 14.8 Å². The first-order chi connectivity index (χ1) is 12.7. The molecule has 0 radical (unpaired) electrons. The van der Waals surface area contributed by atoms with Gasteiger partial charge in [-0.15, -0.1) is 0 Å². The van der Waals surface area contributed by atoms with E-state index in [2.05, 4.69) is 24.4 Å². The second-order valence-electron chi connectivity index (χ2n) is 6.85. The summed E-state index contributed by atoms with van der Waals surface area (Å²) in [6, 6.07) is 13.8. The van der Waals surface area contributed by atoms with Gasteiger partial charge in [-0.05, 0) is 35.2 Å². The number of carboxylic acid groups (broad SMARTS) is 1. The van der Waals surface area contributed by atoms with Gasteiger partial charge in [-0.25, -0.2) is 0 Å². The minimum absolute atomic E-state index is 0.112. The third-order valence-electron chi connectivity index (χ3n) is 5.38. The number of rotatable bonds is 4. The average Bonchev–Trinajstić information content (AvgIpc) is 3.13. The molecule has 0 amide bonds. The quantitative estimate of drug-likeness (QED) is 0.884. The maximum atomic E-state index is 12.1. The lowest BCUT2D eigenvalue weighted by atomic mass is 9.82. The number of hydrogen-bond acceptors (Lipinski definition) is 4. The van der Waals surface area contributed by atoms with Crippen LogP contribution in [0.4, 0.5) is 0 Å². The van der Waals surface area contributed by atoms with E-state index in [0.29, 0.717) is 25.5 Å². The van der Waals surface area contributed by atoms with E-state index in [9.17, 15) is 9.90 Å². The van der Waals surface area contributed by atoms with Gasteiger partial charge in [0.15, 0.2) is 11.5 Å². The summed E-state index contributed by atoms with van der Waals surface area (Å²) in [5.41, 5.74) is 3.25. The van der Waals surface area contributed by atoms with Crippen molar-refractivity contribution in [1.82, 2.24) is 5.32 Å². The Morgan fingerprint density at radius 1 is 1.08 bits per heavy atom. The van der Waals surface area contributed by atoms with Crippen LogP contribution in [0.5, 0.6) is 11.5 Å². The Kier molecular flexibility index (Phi) is 4.55. The van der Waals surface area contributed by atoms with E-state index in [0.717, 1.165) is 23.3 Å². The van der Waals surface area contributed by atoms with Gasteiger partial charge >= 0.3 is 5.97 Å². The number of fused-ring (bicyclic) bond motifs is 1. The zero-order chi connectivity index (χ0) is 18.1. The summed E-state index contributed by atoms with van der Waals surface area (Å²) < 4.78 is 11.2. The molecule has 2 aliphatic heterocycles. The van der Waals surface area contributed by atoms with Crippen LogP contribution in [0.15, 0.2) is 42.5 Å². The van der Waals surface area contributed by atoms with E-state index in [1.54, 1.807) is 0 Å². The molecule has 5 nitrogen and oxygen atoms in total. The lowest BCUT2D eigenvalue weighted by molar-refractivity contribution is -0.142. The Labute approximate surface area is 152 Å². The van der Waals surface area contributed by atoms with Crippen LogP contribution in [0, 0.1) is 5.92 Å². The van der Waals surface area contributed by atoms with Crippen LogP contribution in [0.1, 0.15) is 35.6 Å². The van der Waals surface area contributed by atoms with Gasteiger partial charge in [-0.2, -0.15) is 0 Å². The summed E-state index contributed by atoms with van der Waals surface area (Å²) in [6.07, 6.45) is 0.973. The number of benzene rings is 2. The molecule has 2 unspecified atom stereocenters. The average molecular weight is 353 g/mol. The molecule has 2 aromatic rings. The van der Waals surface area contributed by atoms with Crippen LogP contribution in [0.3, 0.4) is 0 Å². The highest BCUT2D eigenvalue weighted by Crippen LogP contribution is 2.42. The predicted molar refractivity (Wildman–Crippen MR) is 97.9 cm³/mol. The number of carbonyl (C=O) groups is 1. The summed E-state index contributed by atoms with van der Waals surface area (Å²) in [5.74, 6) is 0.0156. The van der Waals surface area contributed by atoms with Crippen molar-refractivity contribution >= 4 is 5.97 Å². The molecule has 0 saturated carbocycles. The number of nitrogens with one attached hydrogen (secondary N) is 1. The normalized spacial score (nSPS) is 24.4. The van der Waals surface area contributed by atoms with Gasteiger partial charge in [0.2, 0.25) is 0 Å². The van der Waals surface area contributed by atoms with Crippen LogP contribution in [0.2, 0.25) is 0 Å². The Morgan fingerprint density at radius 2 is 1.77 bits per heavy atom. The number of carboxylic acids is 1. The zero-order valence-corrected chi connectivity index (χ0v) is 14.8. The molecule has 0 aliphatic carbocycles. The molecular weight excluding hydrogens is 330 g/mol. The smallest absolute Gasteiger partial charge is 0.309 e. The van der Waals surface area contributed by atoms with Gasteiger partial charge in [0, 0.05) is 18.5 Å². The van der Waals surface area contributed by atoms with E-state index in [-0.39, 0.29) is 12.0 Å². The van der Waals surface area contributed by atoms with Gasteiger partial charge in [-0.3, -0.25) is 4.79 Å². The van der Waals surface area contributed by atoms with E-state index in [1.807, 2.05) is 30.3 Å². The molecule has 2 aliphatic rings. The molecule has 0 spiro atoms. The summed E-state index contributed by atoms with van der Waals surface area (Å²) in [5, 5.41) is 13.3. The van der Waals surface area contributed by atoms with E-state index in [4.69, 9.17) is 9.47 Å². The molecular formula is C21H23NO4. The van der Waals surface area contributed by atoms with Crippen molar-refractivity contribution in [3.8, 4) is 11.5 Å². The van der Waals surface area contributed by atoms with Crippen molar-refractivity contribution < 1.29 is 19.4 Å². The van der Waals surface area contributed by atoms with Crippen molar-refractivity contribution in [1.29, 1.82) is 0 Å². The number of hydrogen-bond donors (Lipinski definition) is 2. The van der Waals surface area contributed by atoms with Crippen molar-refractivity contribution in [2.75, 3.05) is 19.8 Å². The third-order valence-corrected chi connectivity index (χ3v) is 5.38. The minimum atomic E-state index is -0.778. The maximum absolute atomic E-state index is 12.1. The first kappa shape index (κ1) is 16.9. The van der Waals surface area contributed by atoms with Gasteiger partial charge in [0.05, 0.1) is 5.92 Å². The van der Waals surface area contributed by atoms with E-state index < -0.39 is 11.9 Å². The molecule has 3 atom stereocenters. The van der Waals surface area contributed by atoms with Gasteiger partial charge in [0.25, 0.3) is 0 Å². The highest BCUT2D eigenvalue weighted by Gasteiger charge is 2.42. The van der Waals surface area contributed by atoms with E-state index >= 15 is 0 Å². The van der Waals surface area contributed by atoms with Crippen molar-refractivity contribution in [2.24, 2.45) is 5.92 Å². The second-order valence-corrected chi connectivity index (χ2v) is 6.85. The fraction of sp³-hybridized carbons (Fsp3) is 0.381. The Hall–Kier alpha value is -2.53. The molecule has 136 valence electrons. The van der Waals surface area contributed by atoms with Crippen LogP contribution in [0.25, 0.3) is 0 Å². The Bertz CT molecular complexity index is 802. The number of ether oxygens (including phenoxy) is 2. The molecule has 0 aromatic heterocycles. The third kappa shape index (κ3) is 3.03. The molecule has 4 rings (SSSR count). The molecule has 2 N–H and O–H groups in total. The number of aliphatic carboxylic acids is 1. The Morgan fingerprint density at radius 3 is 2.46 bits per heavy atom. The van der Waals surface area contributed by atoms with Crippen LogP contribution in [-0.4, -0.2) is 30.8 Å². The van der Waals surface area contributed by atoms with Crippen molar-refractivity contribution in [3.63, 3.8) is 0 Å². The van der Waals surface area contributed by atoms with E-state index in [1.165, 1.54) is 5.56 Å². The lowest BCUT2D eigenvalue weighted by Crippen LogP contribution is -2.25. The van der Waals surface area contributed by atoms with Crippen LogP contribution >= 0.6 is 0 Å². The topological polar surface area (TPSA) is 67.8 Å². The molecule has 2 aromatic carbocycles. The lowest BCUT2D eigenvalue weighted by Gasteiger charge is -2.23. The largest absolute Gasteiger partial charge is 0.486 e. The summed E-state index contributed by atoms with van der Waals surface area (Å²) in [6.45, 7) is 3.80. The summed E-state index contributed by atoms with van der Waals surface area (Å²) in [4.78, 5) is 12.1. The van der Waals surface area contributed by atoms with Crippen LogP contribution in [-0.2, 0) is 11.2 Å². The fourth-order valence-electron chi connectivity index (χ4n) is 3.96. The highest BCUT2D eigenvalue weighted by atomic mass is 16.6. The molecule has 2 heterocycles. The molecule has 0 bridgehead atoms. The van der Waals surface area contributed by atoms with Gasteiger partial charge < -0.3 is 19.9 Å². The standard InChI is InChI=1S/C21H23NO4/c1-2-13-3-5-14(6-4-13)20-19(21(23)24)16(12-22-20)15-7-8-17-18(11-15)26-10-9-25-17/h3-8,11,16,19-20,22H,2,9-10,12H2,1H3,(H,23,24)/t16?,19-,20?/m1/s1. The monoisotopic (exact) mass is 353 g/mol. The number of aryl methyl sites for hydroxylation is 1. The zero-order valence-electron chi connectivity index (χ0n) is 14.8. The SMILES string of the molecule is CCc1ccc(C2NCC(c3ccc4c(c3)OCCO4)[C@H]2C(=O)O)cc1. The molecule has 26 heavy (non-hydrogen) atoms. The minimum Gasteiger partial charge on any atom is -0.486 e. The molecule has 1 saturated heterocycles.